The van der Waals surface area contributed by atoms with Crippen LogP contribution in [0.5, 0.6) is 0 Å². The first-order valence-electron chi connectivity index (χ1n) is 7.06. The number of hydrogen-bond donors (Lipinski definition) is 1. The largest absolute Gasteiger partial charge is 0.393 e. The van der Waals surface area contributed by atoms with Crippen LogP contribution in [0.1, 0.15) is 64.1 Å². The van der Waals surface area contributed by atoms with E-state index in [9.17, 15) is 5.11 Å². The Morgan fingerprint density at radius 3 is 2.44 bits per heavy atom. The predicted molar refractivity (Wildman–Crippen MR) is 69.2 cm³/mol. The summed E-state index contributed by atoms with van der Waals surface area (Å²) in [6, 6.07) is 0. The van der Waals surface area contributed by atoms with Gasteiger partial charge in [-0.15, -0.1) is 0 Å². The first-order chi connectivity index (χ1) is 8.56. The molecule has 1 aromatic rings. The molecule has 1 N–H and O–H groups in total. The van der Waals surface area contributed by atoms with Gasteiger partial charge >= 0.3 is 0 Å². The summed E-state index contributed by atoms with van der Waals surface area (Å²) >= 11 is 0. The number of aromatic nitrogens is 2. The van der Waals surface area contributed by atoms with Gasteiger partial charge in [-0.1, -0.05) is 19.0 Å². The molecule has 1 saturated carbocycles. The van der Waals surface area contributed by atoms with Crippen molar-refractivity contribution in [1.29, 1.82) is 0 Å². The Labute approximate surface area is 109 Å². The number of aliphatic hydroxyl groups is 1. The summed E-state index contributed by atoms with van der Waals surface area (Å²) in [4.78, 5) is 4.41. The lowest BCUT2D eigenvalue weighted by Gasteiger charge is -2.29. The fourth-order valence-corrected chi connectivity index (χ4v) is 2.81. The molecule has 1 atom stereocenters. The third-order valence-corrected chi connectivity index (χ3v) is 4.03. The minimum atomic E-state index is -0.421. The second-order valence-corrected chi connectivity index (χ2v) is 5.96. The molecule has 1 aromatic heterocycles. The fraction of sp³-hybridized carbons (Fsp3) is 0.857. The maximum absolute atomic E-state index is 9.29. The minimum absolute atomic E-state index is 0.421. The lowest BCUT2D eigenvalue weighted by Crippen LogP contribution is -2.18. The Morgan fingerprint density at radius 1 is 1.22 bits per heavy atom. The van der Waals surface area contributed by atoms with Crippen LogP contribution in [0.15, 0.2) is 4.52 Å². The molecule has 1 heterocycles. The van der Waals surface area contributed by atoms with E-state index in [1.165, 1.54) is 12.8 Å². The number of aliphatic hydroxyl groups excluding tert-OH is 1. The summed E-state index contributed by atoms with van der Waals surface area (Å²) in [5, 5.41) is 13.4. The van der Waals surface area contributed by atoms with Crippen molar-refractivity contribution in [2.24, 2.45) is 11.8 Å². The zero-order valence-electron chi connectivity index (χ0n) is 11.6. The molecule has 0 aromatic carbocycles. The van der Waals surface area contributed by atoms with Gasteiger partial charge in [-0.25, -0.2) is 0 Å². The molecule has 0 amide bonds. The average Bonchev–Trinajstić information content (AvgIpc) is 2.76. The first kappa shape index (κ1) is 13.5. The summed E-state index contributed by atoms with van der Waals surface area (Å²) in [5.74, 6) is 3.48. The molecule has 2 rings (SSSR count). The highest BCUT2D eigenvalue weighted by molar-refractivity contribution is 4.98. The van der Waals surface area contributed by atoms with E-state index < -0.39 is 6.10 Å². The molecule has 0 spiro atoms. The van der Waals surface area contributed by atoms with E-state index >= 15 is 0 Å². The van der Waals surface area contributed by atoms with Crippen molar-refractivity contribution in [3.63, 3.8) is 0 Å². The van der Waals surface area contributed by atoms with Crippen LogP contribution in [0.25, 0.3) is 0 Å². The van der Waals surface area contributed by atoms with Gasteiger partial charge in [0.15, 0.2) is 5.82 Å². The van der Waals surface area contributed by atoms with Gasteiger partial charge in [0.25, 0.3) is 0 Å². The zero-order valence-corrected chi connectivity index (χ0v) is 11.6. The van der Waals surface area contributed by atoms with Crippen molar-refractivity contribution in [3.05, 3.63) is 11.7 Å². The van der Waals surface area contributed by atoms with Gasteiger partial charge in [-0.3, -0.25) is 0 Å². The highest BCUT2D eigenvalue weighted by atomic mass is 16.5. The monoisotopic (exact) mass is 252 g/mol. The van der Waals surface area contributed by atoms with E-state index in [1.807, 2.05) is 0 Å². The van der Waals surface area contributed by atoms with Crippen LogP contribution in [0.3, 0.4) is 0 Å². The molecule has 0 bridgehead atoms. The highest BCUT2D eigenvalue weighted by Crippen LogP contribution is 2.37. The maximum atomic E-state index is 9.29. The number of nitrogens with zero attached hydrogens (tertiary/aromatic N) is 2. The SMILES string of the molecule is CC(O)Cc1nc(C2CCC(C(C)C)CC2)no1. The topological polar surface area (TPSA) is 59.2 Å². The zero-order chi connectivity index (χ0) is 13.1. The summed E-state index contributed by atoms with van der Waals surface area (Å²) in [6.07, 6.45) is 4.89. The van der Waals surface area contributed by atoms with Crippen molar-refractivity contribution >= 4 is 0 Å². The molecule has 4 nitrogen and oxygen atoms in total. The van der Waals surface area contributed by atoms with Crippen LogP contribution < -0.4 is 0 Å². The van der Waals surface area contributed by atoms with Crippen LogP contribution in [0.4, 0.5) is 0 Å². The van der Waals surface area contributed by atoms with E-state index in [1.54, 1.807) is 6.92 Å². The van der Waals surface area contributed by atoms with Crippen LogP contribution in [0.2, 0.25) is 0 Å². The molecule has 1 aliphatic rings. The summed E-state index contributed by atoms with van der Waals surface area (Å²) < 4.78 is 5.18. The summed E-state index contributed by atoms with van der Waals surface area (Å²) in [6.45, 7) is 6.35. The molecular formula is C14H24N2O2. The van der Waals surface area contributed by atoms with Gasteiger partial charge < -0.3 is 9.63 Å². The summed E-state index contributed by atoms with van der Waals surface area (Å²) in [7, 11) is 0. The highest BCUT2D eigenvalue weighted by Gasteiger charge is 2.27. The van der Waals surface area contributed by atoms with E-state index in [0.29, 0.717) is 18.2 Å². The molecule has 0 radical (unpaired) electrons. The van der Waals surface area contributed by atoms with Crippen LogP contribution in [0, 0.1) is 11.8 Å². The van der Waals surface area contributed by atoms with Gasteiger partial charge in [0.05, 0.1) is 12.5 Å². The molecule has 1 fully saturated rings. The Hall–Kier alpha value is -0.900. The lowest BCUT2D eigenvalue weighted by molar-refractivity contribution is 0.181. The first-order valence-corrected chi connectivity index (χ1v) is 7.06. The average molecular weight is 252 g/mol. The van der Waals surface area contributed by atoms with Crippen molar-refractivity contribution < 1.29 is 9.63 Å². The second-order valence-electron chi connectivity index (χ2n) is 5.96. The third kappa shape index (κ3) is 3.31. The normalized spacial score (nSPS) is 26.5. The Bertz CT molecular complexity index is 366. The van der Waals surface area contributed by atoms with Crippen molar-refractivity contribution in [1.82, 2.24) is 10.1 Å². The van der Waals surface area contributed by atoms with E-state index in [4.69, 9.17) is 4.52 Å². The molecule has 1 aliphatic carbocycles. The molecule has 102 valence electrons. The van der Waals surface area contributed by atoms with Gasteiger partial charge in [0.2, 0.25) is 5.89 Å². The second kappa shape index (κ2) is 5.83. The van der Waals surface area contributed by atoms with E-state index in [-0.39, 0.29) is 0 Å². The molecule has 1 unspecified atom stereocenters. The Morgan fingerprint density at radius 2 is 1.89 bits per heavy atom. The van der Waals surface area contributed by atoms with Crippen LogP contribution >= 0.6 is 0 Å². The van der Waals surface area contributed by atoms with Gasteiger partial charge in [-0.2, -0.15) is 4.98 Å². The smallest absolute Gasteiger partial charge is 0.229 e. The maximum Gasteiger partial charge on any atom is 0.229 e. The van der Waals surface area contributed by atoms with Crippen LogP contribution in [-0.4, -0.2) is 21.4 Å². The molecule has 4 heteroatoms. The van der Waals surface area contributed by atoms with Crippen molar-refractivity contribution in [3.8, 4) is 0 Å². The molecule has 0 saturated heterocycles. The lowest BCUT2D eigenvalue weighted by atomic mass is 9.77. The molecule has 18 heavy (non-hydrogen) atoms. The fourth-order valence-electron chi connectivity index (χ4n) is 2.81. The van der Waals surface area contributed by atoms with Gasteiger partial charge in [0.1, 0.15) is 0 Å². The van der Waals surface area contributed by atoms with Crippen molar-refractivity contribution in [2.75, 3.05) is 0 Å². The molecular weight excluding hydrogens is 228 g/mol. The number of rotatable bonds is 4. The third-order valence-electron chi connectivity index (χ3n) is 4.03. The van der Waals surface area contributed by atoms with E-state index in [0.717, 1.165) is 30.5 Å². The van der Waals surface area contributed by atoms with E-state index in [2.05, 4.69) is 24.0 Å². The minimum Gasteiger partial charge on any atom is -0.393 e. The Balaban J connectivity index is 1.91. The Kier molecular flexibility index (Phi) is 4.38. The molecule has 0 aliphatic heterocycles. The predicted octanol–water partition coefficient (Wildman–Crippen LogP) is 2.92. The standard InChI is InChI=1S/C14H24N2O2/c1-9(2)11-4-6-12(7-5-11)14-15-13(18-16-14)8-10(3)17/h9-12,17H,4-8H2,1-3H3. The van der Waals surface area contributed by atoms with Crippen molar-refractivity contribution in [2.45, 2.75) is 64.9 Å². The summed E-state index contributed by atoms with van der Waals surface area (Å²) in [5.41, 5.74) is 0. The van der Waals surface area contributed by atoms with Gasteiger partial charge in [0, 0.05) is 5.92 Å². The van der Waals surface area contributed by atoms with Crippen LogP contribution in [-0.2, 0) is 6.42 Å². The van der Waals surface area contributed by atoms with Gasteiger partial charge in [-0.05, 0) is 44.4 Å². The quantitative estimate of drug-likeness (QED) is 0.895. The number of hydrogen-bond acceptors (Lipinski definition) is 4.